The lowest BCUT2D eigenvalue weighted by molar-refractivity contribution is -0.117. The Hall–Kier alpha value is -3.51. The first-order valence-corrected chi connectivity index (χ1v) is 9.95. The van der Waals surface area contributed by atoms with Crippen LogP contribution in [0.15, 0.2) is 73.1 Å². The molecular weight excluding hydrogens is 374 g/mol. The quantitative estimate of drug-likeness (QED) is 0.440. The molecule has 5 N–H and O–H groups in total. The first-order valence-electron chi connectivity index (χ1n) is 9.95. The molecule has 0 aliphatic heterocycles. The van der Waals surface area contributed by atoms with Crippen molar-refractivity contribution in [2.75, 3.05) is 11.1 Å². The number of nitrogens with one attached hydrogen (secondary N) is 1. The summed E-state index contributed by atoms with van der Waals surface area (Å²) in [5.74, 6) is 0.234. The molecule has 0 radical (unpaired) electrons. The maximum Gasteiger partial charge on any atom is 0.241 e. The van der Waals surface area contributed by atoms with Gasteiger partial charge < -0.3 is 16.8 Å². The molecule has 0 aliphatic carbocycles. The molecule has 30 heavy (non-hydrogen) atoms. The van der Waals surface area contributed by atoms with E-state index in [1.165, 1.54) is 0 Å². The Labute approximate surface area is 176 Å². The third kappa shape index (κ3) is 5.30. The Balaban J connectivity index is 0.000000196. The molecule has 4 rings (SSSR count). The van der Waals surface area contributed by atoms with E-state index in [9.17, 15) is 4.79 Å². The van der Waals surface area contributed by atoms with Gasteiger partial charge in [-0.1, -0.05) is 50.2 Å². The summed E-state index contributed by atoms with van der Waals surface area (Å²) in [6, 6.07) is 18.7. The van der Waals surface area contributed by atoms with Crippen LogP contribution < -0.4 is 16.8 Å². The zero-order valence-electron chi connectivity index (χ0n) is 17.2. The number of fused-ring (bicyclic) bond motifs is 2. The van der Waals surface area contributed by atoms with Gasteiger partial charge in [0.05, 0.1) is 28.5 Å². The number of benzene rings is 2. The number of carbonyl (C=O) groups is 1. The van der Waals surface area contributed by atoms with E-state index in [0.717, 1.165) is 27.5 Å². The third-order valence-corrected chi connectivity index (χ3v) is 4.62. The normalized spacial score (nSPS) is 11.7. The molecule has 1 amide bonds. The van der Waals surface area contributed by atoms with Gasteiger partial charge in [0.1, 0.15) is 0 Å². The van der Waals surface area contributed by atoms with E-state index in [0.29, 0.717) is 18.0 Å². The average Bonchev–Trinajstić information content (AvgIpc) is 2.74. The minimum atomic E-state index is -0.487. The van der Waals surface area contributed by atoms with Crippen molar-refractivity contribution in [2.24, 2.45) is 11.7 Å². The second kappa shape index (κ2) is 9.80. The van der Waals surface area contributed by atoms with E-state index in [1.807, 2.05) is 74.5 Å². The SMILES string of the molecule is CC(C)C[C@H](N)C(=O)Nc1cccc2cccnc12.Nc1cccc2cccnc12. The minimum absolute atomic E-state index is 0.160. The molecule has 6 nitrogen and oxygen atoms in total. The van der Waals surface area contributed by atoms with Crippen LogP contribution in [0, 0.1) is 5.92 Å². The molecule has 0 bridgehead atoms. The van der Waals surface area contributed by atoms with Crippen molar-refractivity contribution in [3.8, 4) is 0 Å². The standard InChI is InChI=1S/C15H19N3O.C9H8N2/c1-10(2)9-12(16)15(19)18-13-7-3-5-11-6-4-8-17-14(11)13;10-8-5-1-3-7-4-2-6-11-9(7)8/h3-8,10,12H,9,16H2,1-2H3,(H,18,19);1-6H,10H2/t12-;/m0./s1. The highest BCUT2D eigenvalue weighted by Crippen LogP contribution is 2.21. The zero-order chi connectivity index (χ0) is 21.5. The van der Waals surface area contributed by atoms with E-state index in [2.05, 4.69) is 15.3 Å². The van der Waals surface area contributed by atoms with Gasteiger partial charge in [0.25, 0.3) is 0 Å². The highest BCUT2D eigenvalue weighted by molar-refractivity contribution is 6.02. The molecule has 0 aliphatic rings. The summed E-state index contributed by atoms with van der Waals surface area (Å²) in [7, 11) is 0. The first kappa shape index (κ1) is 21.2. The van der Waals surface area contributed by atoms with Crippen LogP contribution >= 0.6 is 0 Å². The number of hydrogen-bond acceptors (Lipinski definition) is 5. The van der Waals surface area contributed by atoms with Crippen molar-refractivity contribution in [3.05, 3.63) is 73.1 Å². The Bertz CT molecular complexity index is 1130. The predicted molar refractivity (Wildman–Crippen MR) is 124 cm³/mol. The molecule has 0 unspecified atom stereocenters. The number of nitrogen functional groups attached to an aromatic ring is 1. The molecule has 0 saturated heterocycles. The average molecular weight is 402 g/mol. The van der Waals surface area contributed by atoms with E-state index in [4.69, 9.17) is 11.5 Å². The van der Waals surface area contributed by atoms with Crippen molar-refractivity contribution in [1.82, 2.24) is 9.97 Å². The number of para-hydroxylation sites is 2. The molecule has 2 heterocycles. The van der Waals surface area contributed by atoms with Crippen LogP contribution in [0.4, 0.5) is 11.4 Å². The molecule has 6 heteroatoms. The number of aromatic nitrogens is 2. The first-order chi connectivity index (χ1) is 14.5. The molecule has 0 spiro atoms. The van der Waals surface area contributed by atoms with E-state index < -0.39 is 6.04 Å². The van der Waals surface area contributed by atoms with Gasteiger partial charge in [0.15, 0.2) is 0 Å². The second-order valence-corrected chi connectivity index (χ2v) is 7.53. The molecular formula is C24H27N5O. The fourth-order valence-corrected chi connectivity index (χ4v) is 3.17. The Kier molecular flexibility index (Phi) is 6.93. The van der Waals surface area contributed by atoms with Crippen LogP contribution in [-0.4, -0.2) is 21.9 Å². The number of nitrogens with zero attached hydrogens (tertiary/aromatic N) is 2. The summed E-state index contributed by atoms with van der Waals surface area (Å²) >= 11 is 0. The monoisotopic (exact) mass is 401 g/mol. The Morgan fingerprint density at radius 1 is 0.900 bits per heavy atom. The predicted octanol–water partition coefficient (Wildman–Crippen LogP) is 4.36. The van der Waals surface area contributed by atoms with Gasteiger partial charge in [0, 0.05) is 23.2 Å². The minimum Gasteiger partial charge on any atom is -0.397 e. The van der Waals surface area contributed by atoms with Gasteiger partial charge in [0.2, 0.25) is 5.91 Å². The summed E-state index contributed by atoms with van der Waals surface area (Å²) in [4.78, 5) is 20.5. The molecule has 0 saturated carbocycles. The van der Waals surface area contributed by atoms with Gasteiger partial charge in [-0.15, -0.1) is 0 Å². The number of hydrogen-bond donors (Lipinski definition) is 3. The summed E-state index contributed by atoms with van der Waals surface area (Å²) in [5.41, 5.74) is 14.7. The molecule has 0 fully saturated rings. The van der Waals surface area contributed by atoms with E-state index in [1.54, 1.807) is 12.4 Å². The zero-order valence-corrected chi connectivity index (χ0v) is 17.2. The molecule has 1 atom stereocenters. The van der Waals surface area contributed by atoms with Crippen LogP contribution in [0.25, 0.3) is 21.8 Å². The molecule has 4 aromatic rings. The van der Waals surface area contributed by atoms with Crippen molar-refractivity contribution in [3.63, 3.8) is 0 Å². The van der Waals surface area contributed by atoms with Crippen LogP contribution in [0.1, 0.15) is 20.3 Å². The molecule has 154 valence electrons. The van der Waals surface area contributed by atoms with Crippen LogP contribution in [0.5, 0.6) is 0 Å². The number of rotatable bonds is 4. The summed E-state index contributed by atoms with van der Waals surface area (Å²) < 4.78 is 0. The van der Waals surface area contributed by atoms with Crippen LogP contribution in [-0.2, 0) is 4.79 Å². The highest BCUT2D eigenvalue weighted by Gasteiger charge is 2.16. The number of anilines is 2. The van der Waals surface area contributed by atoms with Gasteiger partial charge in [-0.2, -0.15) is 0 Å². The van der Waals surface area contributed by atoms with Gasteiger partial charge >= 0.3 is 0 Å². The second-order valence-electron chi connectivity index (χ2n) is 7.53. The Morgan fingerprint density at radius 2 is 1.47 bits per heavy atom. The summed E-state index contributed by atoms with van der Waals surface area (Å²) in [6.07, 6.45) is 4.13. The lowest BCUT2D eigenvalue weighted by atomic mass is 10.0. The molecule has 2 aromatic heterocycles. The summed E-state index contributed by atoms with van der Waals surface area (Å²) in [5, 5.41) is 4.95. The fourth-order valence-electron chi connectivity index (χ4n) is 3.17. The van der Waals surface area contributed by atoms with Gasteiger partial charge in [-0.3, -0.25) is 14.8 Å². The van der Waals surface area contributed by atoms with E-state index in [-0.39, 0.29) is 5.91 Å². The largest absolute Gasteiger partial charge is 0.397 e. The number of amides is 1. The maximum atomic E-state index is 12.0. The van der Waals surface area contributed by atoms with E-state index >= 15 is 0 Å². The summed E-state index contributed by atoms with van der Waals surface area (Å²) in [6.45, 7) is 4.10. The number of nitrogens with two attached hydrogens (primary N) is 2. The number of carbonyl (C=O) groups excluding carboxylic acids is 1. The topological polar surface area (TPSA) is 107 Å². The van der Waals surface area contributed by atoms with Gasteiger partial charge in [-0.25, -0.2) is 0 Å². The maximum absolute atomic E-state index is 12.0. The van der Waals surface area contributed by atoms with Gasteiger partial charge in [-0.05, 0) is 36.6 Å². The van der Waals surface area contributed by atoms with Crippen molar-refractivity contribution >= 4 is 39.1 Å². The van der Waals surface area contributed by atoms with Crippen LogP contribution in [0.3, 0.4) is 0 Å². The smallest absolute Gasteiger partial charge is 0.241 e. The lowest BCUT2D eigenvalue weighted by Gasteiger charge is -2.14. The third-order valence-electron chi connectivity index (χ3n) is 4.62. The number of pyridine rings is 2. The lowest BCUT2D eigenvalue weighted by Crippen LogP contribution is -2.36. The van der Waals surface area contributed by atoms with Crippen molar-refractivity contribution in [2.45, 2.75) is 26.3 Å². The fraction of sp³-hybridized carbons (Fsp3) is 0.208. The van der Waals surface area contributed by atoms with Crippen molar-refractivity contribution < 1.29 is 4.79 Å². The molecule has 2 aromatic carbocycles. The highest BCUT2D eigenvalue weighted by atomic mass is 16.2. The Morgan fingerprint density at radius 3 is 2.10 bits per heavy atom. The van der Waals surface area contributed by atoms with Crippen LogP contribution in [0.2, 0.25) is 0 Å². The van der Waals surface area contributed by atoms with Crippen molar-refractivity contribution in [1.29, 1.82) is 0 Å².